The number of hydrogen-bond acceptors (Lipinski definition) is 4. The van der Waals surface area contributed by atoms with E-state index in [-0.39, 0.29) is 17.3 Å². The van der Waals surface area contributed by atoms with Crippen molar-refractivity contribution in [3.8, 4) is 11.3 Å². The van der Waals surface area contributed by atoms with E-state index in [1.54, 1.807) is 0 Å². The molecule has 0 fully saturated rings. The van der Waals surface area contributed by atoms with Gasteiger partial charge in [-0.15, -0.1) is 11.3 Å². The van der Waals surface area contributed by atoms with Crippen molar-refractivity contribution in [3.63, 3.8) is 0 Å². The van der Waals surface area contributed by atoms with Crippen LogP contribution in [0.3, 0.4) is 0 Å². The molecule has 0 radical (unpaired) electrons. The Morgan fingerprint density at radius 1 is 1.12 bits per heavy atom. The van der Waals surface area contributed by atoms with Crippen molar-refractivity contribution in [2.24, 2.45) is 0 Å². The summed E-state index contributed by atoms with van der Waals surface area (Å²) in [4.78, 5) is 16.4. The van der Waals surface area contributed by atoms with E-state index in [1.807, 2.05) is 35.7 Å². The standard InChI is InChI=1S/C17H12F2N2OS2/c18-13-7-6-12(8-14(13)19)20-16(22)10-24-17-21-15(9-23-17)11-4-2-1-3-5-11/h1-9H,10H2,(H,20,22). The van der Waals surface area contributed by atoms with Crippen LogP contribution < -0.4 is 5.32 Å². The van der Waals surface area contributed by atoms with Crippen molar-refractivity contribution in [1.82, 2.24) is 4.98 Å². The molecule has 0 aliphatic rings. The maximum absolute atomic E-state index is 13.1. The molecular formula is C17H12F2N2OS2. The van der Waals surface area contributed by atoms with E-state index in [2.05, 4.69) is 10.3 Å². The normalized spacial score (nSPS) is 10.6. The molecule has 122 valence electrons. The molecule has 3 aromatic rings. The van der Waals surface area contributed by atoms with E-state index in [0.717, 1.165) is 27.7 Å². The van der Waals surface area contributed by atoms with Gasteiger partial charge in [-0.05, 0) is 12.1 Å². The first-order valence-corrected chi connectivity index (χ1v) is 8.87. The molecule has 1 N–H and O–H groups in total. The van der Waals surface area contributed by atoms with Crippen LogP contribution in [0.5, 0.6) is 0 Å². The smallest absolute Gasteiger partial charge is 0.234 e. The third-order valence-electron chi connectivity index (χ3n) is 3.08. The molecule has 3 nitrogen and oxygen atoms in total. The minimum atomic E-state index is -0.993. The average molecular weight is 362 g/mol. The number of halogens is 2. The van der Waals surface area contributed by atoms with Gasteiger partial charge in [0.2, 0.25) is 5.91 Å². The molecule has 0 bridgehead atoms. The summed E-state index contributed by atoms with van der Waals surface area (Å²) in [7, 11) is 0. The van der Waals surface area contributed by atoms with Gasteiger partial charge < -0.3 is 5.32 Å². The fourth-order valence-electron chi connectivity index (χ4n) is 1.96. The van der Waals surface area contributed by atoms with Crippen molar-refractivity contribution in [3.05, 3.63) is 65.5 Å². The number of rotatable bonds is 5. The Bertz CT molecular complexity index is 853. The highest BCUT2D eigenvalue weighted by atomic mass is 32.2. The van der Waals surface area contributed by atoms with Crippen molar-refractivity contribution < 1.29 is 13.6 Å². The predicted molar refractivity (Wildman–Crippen MR) is 93.3 cm³/mol. The first-order chi connectivity index (χ1) is 11.6. The summed E-state index contributed by atoms with van der Waals surface area (Å²) in [5.74, 6) is -2.10. The third-order valence-corrected chi connectivity index (χ3v) is 5.10. The molecule has 1 amide bonds. The van der Waals surface area contributed by atoms with Crippen molar-refractivity contribution in [1.29, 1.82) is 0 Å². The first kappa shape index (κ1) is 16.6. The van der Waals surface area contributed by atoms with Gasteiger partial charge in [-0.3, -0.25) is 4.79 Å². The number of thioether (sulfide) groups is 1. The summed E-state index contributed by atoms with van der Waals surface area (Å²) in [6, 6.07) is 13.0. The van der Waals surface area contributed by atoms with Crippen LogP contribution in [0.15, 0.2) is 58.3 Å². The van der Waals surface area contributed by atoms with Crippen molar-refractivity contribution in [2.45, 2.75) is 4.34 Å². The van der Waals surface area contributed by atoms with Crippen LogP contribution >= 0.6 is 23.1 Å². The summed E-state index contributed by atoms with van der Waals surface area (Å²) < 4.78 is 26.7. The van der Waals surface area contributed by atoms with E-state index < -0.39 is 11.6 Å². The van der Waals surface area contributed by atoms with E-state index in [0.29, 0.717) is 0 Å². The largest absolute Gasteiger partial charge is 0.325 e. The fraction of sp³-hybridized carbons (Fsp3) is 0.0588. The van der Waals surface area contributed by atoms with Gasteiger partial charge in [-0.25, -0.2) is 13.8 Å². The molecule has 3 rings (SSSR count). The van der Waals surface area contributed by atoms with Gasteiger partial charge in [-0.1, -0.05) is 42.1 Å². The van der Waals surface area contributed by atoms with Crippen LogP contribution in [-0.2, 0) is 4.79 Å². The lowest BCUT2D eigenvalue weighted by molar-refractivity contribution is -0.113. The molecule has 0 aliphatic heterocycles. The van der Waals surface area contributed by atoms with Crippen molar-refractivity contribution in [2.75, 3.05) is 11.1 Å². The van der Waals surface area contributed by atoms with Crippen LogP contribution in [0.1, 0.15) is 0 Å². The van der Waals surface area contributed by atoms with Crippen LogP contribution in [0.4, 0.5) is 14.5 Å². The average Bonchev–Trinajstić information content (AvgIpc) is 3.06. The highest BCUT2D eigenvalue weighted by molar-refractivity contribution is 8.01. The Labute approximate surface area is 145 Å². The summed E-state index contributed by atoms with van der Waals surface area (Å²) in [5, 5.41) is 4.46. The predicted octanol–water partition coefficient (Wildman–Crippen LogP) is 4.82. The van der Waals surface area contributed by atoms with E-state index in [4.69, 9.17) is 0 Å². The van der Waals surface area contributed by atoms with Gasteiger partial charge in [0.15, 0.2) is 16.0 Å². The summed E-state index contributed by atoms with van der Waals surface area (Å²) in [6.45, 7) is 0. The number of hydrogen-bond donors (Lipinski definition) is 1. The SMILES string of the molecule is O=C(CSc1nc(-c2ccccc2)cs1)Nc1ccc(F)c(F)c1. The molecule has 0 atom stereocenters. The molecule has 0 aliphatic carbocycles. The fourth-order valence-corrected chi connectivity index (χ4v) is 3.60. The van der Waals surface area contributed by atoms with E-state index >= 15 is 0 Å². The number of nitrogens with one attached hydrogen (secondary N) is 1. The summed E-state index contributed by atoms with van der Waals surface area (Å²) >= 11 is 2.76. The van der Waals surface area contributed by atoms with E-state index in [1.165, 1.54) is 29.2 Å². The highest BCUT2D eigenvalue weighted by Gasteiger charge is 2.09. The van der Waals surface area contributed by atoms with Crippen LogP contribution in [0, 0.1) is 11.6 Å². The number of benzene rings is 2. The molecule has 1 aromatic heterocycles. The molecule has 7 heteroatoms. The Balaban J connectivity index is 1.56. The minimum absolute atomic E-state index is 0.140. The molecule has 1 heterocycles. The second-order valence-electron chi connectivity index (χ2n) is 4.83. The van der Waals surface area contributed by atoms with Crippen LogP contribution in [-0.4, -0.2) is 16.6 Å². The van der Waals surface area contributed by atoms with Gasteiger partial charge in [0.1, 0.15) is 0 Å². The molecule has 0 unspecified atom stereocenters. The second-order valence-corrected chi connectivity index (χ2v) is 6.91. The number of aromatic nitrogens is 1. The van der Waals surface area contributed by atoms with Gasteiger partial charge in [0, 0.05) is 22.7 Å². The Kier molecular flexibility index (Phi) is 5.22. The number of thiazole rings is 1. The molecular weight excluding hydrogens is 350 g/mol. The summed E-state index contributed by atoms with van der Waals surface area (Å²) in [6.07, 6.45) is 0. The molecule has 0 spiro atoms. The van der Waals surface area contributed by atoms with Gasteiger partial charge in [0.25, 0.3) is 0 Å². The molecule has 0 saturated heterocycles. The van der Waals surface area contributed by atoms with Gasteiger partial charge in [0.05, 0.1) is 11.4 Å². The van der Waals surface area contributed by atoms with Crippen LogP contribution in [0.2, 0.25) is 0 Å². The highest BCUT2D eigenvalue weighted by Crippen LogP contribution is 2.28. The lowest BCUT2D eigenvalue weighted by atomic mass is 10.2. The van der Waals surface area contributed by atoms with Gasteiger partial charge >= 0.3 is 0 Å². The van der Waals surface area contributed by atoms with Gasteiger partial charge in [-0.2, -0.15) is 0 Å². The zero-order valence-corrected chi connectivity index (χ0v) is 14.0. The third kappa shape index (κ3) is 4.18. The molecule has 24 heavy (non-hydrogen) atoms. The Morgan fingerprint density at radius 3 is 2.67 bits per heavy atom. The lowest BCUT2D eigenvalue weighted by Gasteiger charge is -2.04. The maximum atomic E-state index is 13.1. The summed E-state index contributed by atoms with van der Waals surface area (Å²) in [5.41, 5.74) is 2.11. The quantitative estimate of drug-likeness (QED) is 0.662. The number of nitrogens with zero attached hydrogens (tertiary/aromatic N) is 1. The van der Waals surface area contributed by atoms with E-state index in [9.17, 15) is 13.6 Å². The number of carbonyl (C=O) groups is 1. The zero-order valence-electron chi connectivity index (χ0n) is 12.3. The van der Waals surface area contributed by atoms with Crippen LogP contribution in [0.25, 0.3) is 11.3 Å². The monoisotopic (exact) mass is 362 g/mol. The minimum Gasteiger partial charge on any atom is -0.325 e. The molecule has 0 saturated carbocycles. The number of amides is 1. The second kappa shape index (κ2) is 7.55. The van der Waals surface area contributed by atoms with Crippen molar-refractivity contribution >= 4 is 34.7 Å². The molecule has 2 aromatic carbocycles. The zero-order chi connectivity index (χ0) is 16.9. The topological polar surface area (TPSA) is 42.0 Å². The number of carbonyl (C=O) groups excluding carboxylic acids is 1. The lowest BCUT2D eigenvalue weighted by Crippen LogP contribution is -2.14. The number of anilines is 1. The Morgan fingerprint density at radius 2 is 1.92 bits per heavy atom. The maximum Gasteiger partial charge on any atom is 0.234 e. The first-order valence-electron chi connectivity index (χ1n) is 7.00. The Hall–Kier alpha value is -2.25.